The molecule has 0 saturated heterocycles. The monoisotopic (exact) mass is 428 g/mol. The minimum atomic E-state index is -0.948. The van der Waals surface area contributed by atoms with Gasteiger partial charge in [-0.05, 0) is 37.3 Å². The number of ether oxygens (including phenoxy) is 1. The highest BCUT2D eigenvalue weighted by molar-refractivity contribution is 9.09. The standard InChI is InChI=1S/C21H21BrN2O3/c22-18-9-6-14(10-18)13-27-20(15-4-2-1-3-5-15)24-19-11-16(21(25)26)7-8-17(19)12-23-24/h1-5,7-8,11-12,14,18,20H,6,9-10,13H2,(H,25,26). The van der Waals surface area contributed by atoms with Crippen LogP contribution in [0.15, 0.2) is 54.7 Å². The molecule has 0 bridgehead atoms. The lowest BCUT2D eigenvalue weighted by atomic mass is 10.1. The van der Waals surface area contributed by atoms with Crippen LogP contribution < -0.4 is 0 Å². The van der Waals surface area contributed by atoms with Crippen molar-refractivity contribution < 1.29 is 14.6 Å². The van der Waals surface area contributed by atoms with Crippen LogP contribution in [0.5, 0.6) is 0 Å². The highest BCUT2D eigenvalue weighted by atomic mass is 79.9. The molecule has 0 aliphatic heterocycles. The number of aromatic carboxylic acids is 1. The molecular formula is C21H21BrN2O3. The molecule has 4 rings (SSSR count). The lowest BCUT2D eigenvalue weighted by Gasteiger charge is -2.22. The van der Waals surface area contributed by atoms with Crippen molar-refractivity contribution in [1.82, 2.24) is 9.78 Å². The molecule has 0 amide bonds. The summed E-state index contributed by atoms with van der Waals surface area (Å²) in [5, 5.41) is 14.8. The number of aromatic nitrogens is 2. The summed E-state index contributed by atoms with van der Waals surface area (Å²) >= 11 is 3.69. The molecule has 1 N–H and O–H groups in total. The number of nitrogens with zero attached hydrogens (tertiary/aromatic N) is 2. The van der Waals surface area contributed by atoms with Gasteiger partial charge in [-0.2, -0.15) is 5.10 Å². The maximum absolute atomic E-state index is 11.4. The quantitative estimate of drug-likeness (QED) is 0.569. The average molecular weight is 429 g/mol. The summed E-state index contributed by atoms with van der Waals surface area (Å²) in [6.45, 7) is 0.654. The molecule has 1 aliphatic rings. The van der Waals surface area contributed by atoms with E-state index in [9.17, 15) is 9.90 Å². The van der Waals surface area contributed by atoms with E-state index in [0.29, 0.717) is 17.4 Å². The molecule has 2 aromatic carbocycles. The van der Waals surface area contributed by atoms with Gasteiger partial charge in [-0.25, -0.2) is 9.48 Å². The predicted molar refractivity (Wildman–Crippen MR) is 107 cm³/mol. The van der Waals surface area contributed by atoms with Crippen molar-refractivity contribution in [2.24, 2.45) is 5.92 Å². The van der Waals surface area contributed by atoms with Crippen molar-refractivity contribution in [3.05, 3.63) is 65.9 Å². The first-order valence-electron chi connectivity index (χ1n) is 9.13. The fraction of sp³-hybridized carbons (Fsp3) is 0.333. The Labute approximate surface area is 166 Å². The average Bonchev–Trinajstić information content (AvgIpc) is 3.29. The maximum atomic E-state index is 11.4. The lowest BCUT2D eigenvalue weighted by Crippen LogP contribution is -2.19. The molecule has 1 fully saturated rings. The fourth-order valence-corrected chi connectivity index (χ4v) is 4.47. The van der Waals surface area contributed by atoms with Gasteiger partial charge in [0, 0.05) is 15.8 Å². The number of halogens is 1. The van der Waals surface area contributed by atoms with Crippen LogP contribution in [0.1, 0.15) is 41.4 Å². The van der Waals surface area contributed by atoms with Crippen LogP contribution in [0.4, 0.5) is 0 Å². The van der Waals surface area contributed by atoms with Crippen molar-refractivity contribution >= 4 is 32.8 Å². The summed E-state index contributed by atoms with van der Waals surface area (Å²) < 4.78 is 8.13. The summed E-state index contributed by atoms with van der Waals surface area (Å²) in [6, 6.07) is 15.0. The van der Waals surface area contributed by atoms with Crippen LogP contribution in [0.3, 0.4) is 0 Å². The molecule has 3 aromatic rings. The molecule has 3 atom stereocenters. The molecule has 0 spiro atoms. The number of hydrogen-bond donors (Lipinski definition) is 1. The van der Waals surface area contributed by atoms with Gasteiger partial charge in [0.2, 0.25) is 0 Å². The number of alkyl halides is 1. The summed E-state index contributed by atoms with van der Waals surface area (Å²) in [5.41, 5.74) is 2.00. The molecule has 1 aliphatic carbocycles. The van der Waals surface area contributed by atoms with Crippen LogP contribution >= 0.6 is 15.9 Å². The third kappa shape index (κ3) is 3.92. The number of hydrogen-bond acceptors (Lipinski definition) is 3. The Morgan fingerprint density at radius 3 is 2.78 bits per heavy atom. The lowest BCUT2D eigenvalue weighted by molar-refractivity contribution is 0.00642. The van der Waals surface area contributed by atoms with E-state index in [1.165, 1.54) is 6.42 Å². The molecule has 1 saturated carbocycles. The van der Waals surface area contributed by atoms with Crippen molar-refractivity contribution in [3.8, 4) is 0 Å². The van der Waals surface area contributed by atoms with Crippen LogP contribution in [-0.2, 0) is 4.74 Å². The van der Waals surface area contributed by atoms with Crippen molar-refractivity contribution in [1.29, 1.82) is 0 Å². The van der Waals surface area contributed by atoms with Crippen LogP contribution in [-0.4, -0.2) is 32.3 Å². The van der Waals surface area contributed by atoms with Crippen LogP contribution in [0, 0.1) is 5.92 Å². The number of rotatable bonds is 6. The first kappa shape index (κ1) is 18.2. The van der Waals surface area contributed by atoms with Crippen LogP contribution in [0.2, 0.25) is 0 Å². The fourth-order valence-electron chi connectivity index (χ4n) is 3.68. The van der Waals surface area contributed by atoms with Gasteiger partial charge >= 0.3 is 5.97 Å². The number of carboxylic acids is 1. The van der Waals surface area contributed by atoms with Gasteiger partial charge in [0.1, 0.15) is 0 Å². The Bertz CT molecular complexity index is 941. The van der Waals surface area contributed by atoms with E-state index in [1.807, 2.05) is 30.3 Å². The van der Waals surface area contributed by atoms with Crippen molar-refractivity contribution in [3.63, 3.8) is 0 Å². The number of fused-ring (bicyclic) bond motifs is 1. The van der Waals surface area contributed by atoms with Gasteiger partial charge in [-0.1, -0.05) is 52.3 Å². The molecule has 3 unspecified atom stereocenters. The Morgan fingerprint density at radius 2 is 2.07 bits per heavy atom. The number of carbonyl (C=O) groups is 1. The zero-order chi connectivity index (χ0) is 18.8. The van der Waals surface area contributed by atoms with E-state index < -0.39 is 5.97 Å². The third-order valence-corrected chi connectivity index (χ3v) is 5.95. The maximum Gasteiger partial charge on any atom is 0.335 e. The second kappa shape index (κ2) is 7.82. The van der Waals surface area contributed by atoms with Gasteiger partial charge in [0.25, 0.3) is 0 Å². The zero-order valence-electron chi connectivity index (χ0n) is 14.8. The SMILES string of the molecule is O=C(O)c1ccc2cnn(C(OCC3CCC(Br)C3)c3ccccc3)c2c1. The summed E-state index contributed by atoms with van der Waals surface area (Å²) in [6.07, 6.45) is 4.81. The summed E-state index contributed by atoms with van der Waals surface area (Å²) in [4.78, 5) is 12.0. The number of benzene rings is 2. The Morgan fingerprint density at radius 1 is 1.26 bits per heavy atom. The molecule has 27 heavy (non-hydrogen) atoms. The molecule has 0 radical (unpaired) electrons. The second-order valence-electron chi connectivity index (χ2n) is 7.04. The molecule has 5 nitrogen and oxygen atoms in total. The van der Waals surface area contributed by atoms with Crippen molar-refractivity contribution in [2.45, 2.75) is 30.3 Å². The molecule has 6 heteroatoms. The van der Waals surface area contributed by atoms with E-state index in [2.05, 4.69) is 21.0 Å². The largest absolute Gasteiger partial charge is 0.478 e. The normalized spacial score (nSPS) is 20.8. The minimum Gasteiger partial charge on any atom is -0.478 e. The Hall–Kier alpha value is -2.18. The van der Waals surface area contributed by atoms with Gasteiger partial charge in [0.15, 0.2) is 6.23 Å². The second-order valence-corrected chi connectivity index (χ2v) is 8.34. The van der Waals surface area contributed by atoms with E-state index in [-0.39, 0.29) is 11.8 Å². The van der Waals surface area contributed by atoms with E-state index >= 15 is 0 Å². The first-order valence-corrected chi connectivity index (χ1v) is 10.0. The zero-order valence-corrected chi connectivity index (χ0v) is 16.4. The highest BCUT2D eigenvalue weighted by Crippen LogP contribution is 2.33. The van der Waals surface area contributed by atoms with Gasteiger partial charge in [-0.15, -0.1) is 0 Å². The topological polar surface area (TPSA) is 64.3 Å². The minimum absolute atomic E-state index is 0.244. The first-order chi connectivity index (χ1) is 13.1. The van der Waals surface area contributed by atoms with E-state index in [1.54, 1.807) is 29.1 Å². The van der Waals surface area contributed by atoms with E-state index in [4.69, 9.17) is 4.74 Å². The summed E-state index contributed by atoms with van der Waals surface area (Å²) in [5.74, 6) is -0.423. The Kier molecular flexibility index (Phi) is 5.27. The molecule has 140 valence electrons. The number of carboxylic acid groups (broad SMARTS) is 1. The van der Waals surface area contributed by atoms with E-state index in [0.717, 1.165) is 29.3 Å². The van der Waals surface area contributed by atoms with Crippen LogP contribution in [0.25, 0.3) is 10.9 Å². The van der Waals surface area contributed by atoms with Gasteiger partial charge in [-0.3, -0.25) is 0 Å². The van der Waals surface area contributed by atoms with Gasteiger partial charge in [0.05, 0.1) is 23.9 Å². The third-order valence-electron chi connectivity index (χ3n) is 5.12. The molecule has 1 aromatic heterocycles. The predicted octanol–water partition coefficient (Wildman–Crippen LogP) is 4.86. The van der Waals surface area contributed by atoms with Crippen molar-refractivity contribution in [2.75, 3.05) is 6.61 Å². The van der Waals surface area contributed by atoms with Gasteiger partial charge < -0.3 is 9.84 Å². The summed E-state index contributed by atoms with van der Waals surface area (Å²) in [7, 11) is 0. The Balaban J connectivity index is 1.68. The highest BCUT2D eigenvalue weighted by Gasteiger charge is 2.25. The molecule has 1 heterocycles. The molecular weight excluding hydrogens is 408 g/mol. The smallest absolute Gasteiger partial charge is 0.335 e.